The zero-order valence-electron chi connectivity index (χ0n) is 25.6. The fraction of sp³-hybridized carbons (Fsp3) is 0.516. The van der Waals surface area contributed by atoms with Gasteiger partial charge in [-0.3, -0.25) is 9.59 Å². The van der Waals surface area contributed by atoms with E-state index in [0.29, 0.717) is 41.4 Å². The van der Waals surface area contributed by atoms with Crippen LogP contribution in [0, 0.1) is 5.92 Å². The third-order valence-electron chi connectivity index (χ3n) is 7.35. The summed E-state index contributed by atoms with van der Waals surface area (Å²) in [6.07, 6.45) is 0.716. The van der Waals surface area contributed by atoms with E-state index in [1.165, 1.54) is 0 Å². The molecule has 11 nitrogen and oxygen atoms in total. The van der Waals surface area contributed by atoms with E-state index in [0.717, 1.165) is 13.0 Å². The number of amides is 4. The van der Waals surface area contributed by atoms with Crippen LogP contribution in [0.3, 0.4) is 0 Å². The molecule has 0 saturated carbocycles. The Bertz CT molecular complexity index is 1200. The van der Waals surface area contributed by atoms with Crippen molar-refractivity contribution in [3.63, 3.8) is 0 Å². The molecule has 2 aromatic carbocycles. The van der Waals surface area contributed by atoms with Crippen molar-refractivity contribution in [1.82, 2.24) is 14.7 Å². The summed E-state index contributed by atoms with van der Waals surface area (Å²) in [6.45, 7) is 5.01. The second-order valence-corrected chi connectivity index (χ2v) is 11.2. The largest absolute Gasteiger partial charge is 0.497 e. The number of hydrogen-bond acceptors (Lipinski definition) is 7. The van der Waals surface area contributed by atoms with Crippen LogP contribution in [0.25, 0.3) is 0 Å². The zero-order valence-corrected chi connectivity index (χ0v) is 25.6. The summed E-state index contributed by atoms with van der Waals surface area (Å²) in [5.74, 6) is 0.804. The van der Waals surface area contributed by atoms with Crippen molar-refractivity contribution in [3.8, 4) is 11.5 Å². The number of hydrogen-bond donors (Lipinski definition) is 3. The predicted octanol–water partition coefficient (Wildman–Crippen LogP) is 3.29. The monoisotopic (exact) mass is 583 g/mol. The third kappa shape index (κ3) is 9.35. The maximum absolute atomic E-state index is 13.4. The number of ether oxygens (including phenoxy) is 2. The Balaban J connectivity index is 1.81. The van der Waals surface area contributed by atoms with Gasteiger partial charge in [0, 0.05) is 42.9 Å². The summed E-state index contributed by atoms with van der Waals surface area (Å²) in [7, 11) is 7.20. The van der Waals surface area contributed by atoms with Crippen LogP contribution in [-0.4, -0.2) is 104 Å². The quantitative estimate of drug-likeness (QED) is 0.371. The Morgan fingerprint density at radius 1 is 1.12 bits per heavy atom. The van der Waals surface area contributed by atoms with E-state index in [4.69, 9.17) is 9.47 Å². The summed E-state index contributed by atoms with van der Waals surface area (Å²) in [4.78, 5) is 44.2. The van der Waals surface area contributed by atoms with Crippen molar-refractivity contribution in [1.29, 1.82) is 0 Å². The molecule has 1 aliphatic heterocycles. The number of nitrogens with one attached hydrogen (secondary N) is 2. The number of anilines is 2. The number of fused-ring (bicyclic) bond motifs is 1. The molecule has 0 spiro atoms. The minimum Gasteiger partial charge on any atom is -0.497 e. The van der Waals surface area contributed by atoms with Crippen LogP contribution in [-0.2, 0) is 16.0 Å². The number of methoxy groups -OCH3 is 1. The molecule has 0 unspecified atom stereocenters. The van der Waals surface area contributed by atoms with Crippen molar-refractivity contribution in [2.24, 2.45) is 5.92 Å². The normalized spacial score (nSPS) is 17.7. The van der Waals surface area contributed by atoms with E-state index < -0.39 is 12.1 Å². The van der Waals surface area contributed by atoms with Crippen molar-refractivity contribution in [2.75, 3.05) is 65.1 Å². The van der Waals surface area contributed by atoms with Gasteiger partial charge in [-0.05, 0) is 76.4 Å². The fourth-order valence-corrected chi connectivity index (χ4v) is 4.75. The number of carbonyl (C=O) groups is 3. The Labute approximate surface area is 248 Å². The molecule has 42 heavy (non-hydrogen) atoms. The number of rotatable bonds is 11. The van der Waals surface area contributed by atoms with Crippen LogP contribution in [0.1, 0.15) is 32.3 Å². The average Bonchev–Trinajstić information content (AvgIpc) is 3.00. The van der Waals surface area contributed by atoms with Crippen LogP contribution in [0.15, 0.2) is 42.5 Å². The van der Waals surface area contributed by atoms with Gasteiger partial charge >= 0.3 is 6.03 Å². The Kier molecular flexibility index (Phi) is 12.0. The number of aliphatic hydroxyl groups is 1. The summed E-state index contributed by atoms with van der Waals surface area (Å²) >= 11 is 0. The first-order valence-electron chi connectivity index (χ1n) is 14.3. The van der Waals surface area contributed by atoms with Crippen molar-refractivity contribution in [2.45, 2.75) is 45.3 Å². The maximum atomic E-state index is 13.4. The van der Waals surface area contributed by atoms with Crippen LogP contribution >= 0.6 is 0 Å². The van der Waals surface area contributed by atoms with Gasteiger partial charge in [-0.2, -0.15) is 0 Å². The van der Waals surface area contributed by atoms with E-state index >= 15 is 0 Å². The van der Waals surface area contributed by atoms with Crippen LogP contribution in [0.4, 0.5) is 16.2 Å². The highest BCUT2D eigenvalue weighted by Crippen LogP contribution is 2.29. The first-order valence-corrected chi connectivity index (χ1v) is 14.3. The number of benzene rings is 2. The Morgan fingerprint density at radius 2 is 1.81 bits per heavy atom. The predicted molar refractivity (Wildman–Crippen MR) is 163 cm³/mol. The van der Waals surface area contributed by atoms with Gasteiger partial charge in [0.25, 0.3) is 0 Å². The van der Waals surface area contributed by atoms with Gasteiger partial charge in [-0.15, -0.1) is 0 Å². The molecular weight excluding hydrogens is 538 g/mol. The SMILES string of the molecule is COc1ccc(NC(=O)N(C)C[C@@H]2Oc3ccc(NC(=O)CCCN(C)C)cc3CC(=O)N([C@H](C)CO)C[C@H]2C)cc1. The second kappa shape index (κ2) is 15.4. The van der Waals surface area contributed by atoms with E-state index in [2.05, 4.69) is 10.6 Å². The Hall–Kier alpha value is -3.83. The second-order valence-electron chi connectivity index (χ2n) is 11.2. The van der Waals surface area contributed by atoms with Gasteiger partial charge in [0.1, 0.15) is 17.6 Å². The molecule has 4 amide bonds. The molecule has 3 N–H and O–H groups in total. The molecule has 3 atom stereocenters. The fourth-order valence-electron chi connectivity index (χ4n) is 4.75. The number of likely N-dealkylation sites (N-methyl/N-ethyl adjacent to an activating group) is 1. The molecule has 0 aromatic heterocycles. The van der Waals surface area contributed by atoms with E-state index in [9.17, 15) is 19.5 Å². The Morgan fingerprint density at radius 3 is 2.45 bits per heavy atom. The van der Waals surface area contributed by atoms with Gasteiger partial charge in [-0.25, -0.2) is 4.79 Å². The summed E-state index contributed by atoms with van der Waals surface area (Å²) < 4.78 is 11.7. The molecule has 0 aliphatic carbocycles. The number of nitrogens with zero attached hydrogens (tertiary/aromatic N) is 3. The first kappa shape index (κ1) is 32.7. The molecule has 2 aromatic rings. The molecule has 11 heteroatoms. The first-order chi connectivity index (χ1) is 20.0. The summed E-state index contributed by atoms with van der Waals surface area (Å²) in [5.41, 5.74) is 1.85. The third-order valence-corrected chi connectivity index (χ3v) is 7.35. The summed E-state index contributed by atoms with van der Waals surface area (Å²) in [5, 5.41) is 15.7. The van der Waals surface area contributed by atoms with Gasteiger partial charge < -0.3 is 39.9 Å². The number of urea groups is 1. The molecule has 0 saturated heterocycles. The topological polar surface area (TPSA) is 124 Å². The summed E-state index contributed by atoms with van der Waals surface area (Å²) in [6, 6.07) is 11.7. The van der Waals surface area contributed by atoms with Crippen molar-refractivity contribution < 1.29 is 29.0 Å². The standard InChI is InChI=1S/C31H45N5O6/c1-21-18-36(22(2)20-37)30(39)17-23-16-25(32-29(38)8-7-15-34(3)4)11-14-27(23)42-28(21)19-35(5)31(40)33-24-9-12-26(41-6)13-10-24/h9-14,16,21-22,28,37H,7-8,15,17-20H2,1-6H3,(H,32,38)(H,33,40)/t21-,22-,28+/m1/s1. The highest BCUT2D eigenvalue weighted by molar-refractivity contribution is 5.91. The molecular formula is C31H45N5O6. The minimum absolute atomic E-state index is 0.0528. The number of carbonyl (C=O) groups excluding carboxylic acids is 3. The smallest absolute Gasteiger partial charge is 0.321 e. The van der Waals surface area contributed by atoms with Crippen LogP contribution < -0.4 is 20.1 Å². The van der Waals surface area contributed by atoms with Gasteiger partial charge in [0.05, 0.1) is 32.7 Å². The maximum Gasteiger partial charge on any atom is 0.321 e. The number of aliphatic hydroxyl groups excluding tert-OH is 1. The van der Waals surface area contributed by atoms with Gasteiger partial charge in [-0.1, -0.05) is 6.92 Å². The average molecular weight is 584 g/mol. The van der Waals surface area contributed by atoms with E-state index in [1.807, 2.05) is 25.9 Å². The van der Waals surface area contributed by atoms with E-state index in [-0.39, 0.29) is 43.3 Å². The molecule has 0 bridgehead atoms. The lowest BCUT2D eigenvalue weighted by atomic mass is 10.0. The van der Waals surface area contributed by atoms with Gasteiger partial charge in [0.15, 0.2) is 0 Å². The molecule has 3 rings (SSSR count). The lowest BCUT2D eigenvalue weighted by molar-refractivity contribution is -0.134. The van der Waals surface area contributed by atoms with Gasteiger partial charge in [0.2, 0.25) is 11.8 Å². The molecule has 1 heterocycles. The molecule has 1 aliphatic rings. The minimum atomic E-state index is -0.457. The van der Waals surface area contributed by atoms with Crippen molar-refractivity contribution >= 4 is 29.2 Å². The van der Waals surface area contributed by atoms with Crippen LogP contribution in [0.2, 0.25) is 0 Å². The lowest BCUT2D eigenvalue weighted by Crippen LogP contribution is -2.48. The highest BCUT2D eigenvalue weighted by Gasteiger charge is 2.32. The van der Waals surface area contributed by atoms with Crippen LogP contribution in [0.5, 0.6) is 11.5 Å². The lowest BCUT2D eigenvalue weighted by Gasteiger charge is -2.34. The molecule has 0 radical (unpaired) electrons. The molecule has 230 valence electrons. The van der Waals surface area contributed by atoms with Crippen molar-refractivity contribution in [3.05, 3.63) is 48.0 Å². The zero-order chi connectivity index (χ0) is 30.8. The van der Waals surface area contributed by atoms with E-state index in [1.54, 1.807) is 73.3 Å². The molecule has 0 fully saturated rings. The highest BCUT2D eigenvalue weighted by atomic mass is 16.5.